The van der Waals surface area contributed by atoms with Gasteiger partial charge in [0.05, 0.1) is 24.5 Å². The number of pyridine rings is 1. The van der Waals surface area contributed by atoms with Crippen molar-refractivity contribution in [3.8, 4) is 0 Å². The molecule has 4 rings (SSSR count). The van der Waals surface area contributed by atoms with Crippen LogP contribution in [0.3, 0.4) is 0 Å². The molecule has 0 saturated heterocycles. The Kier molecular flexibility index (Phi) is 9.32. The standard InChI is InChI=1S/C20H21BrN4.C8H8F2/c1-14-7-8-18(21)11-17(14)13-25-15(2)10-20(24-25)16(3)23-12-19-6-4-5-9-22-19;1-2-6-3-4-7(9)5-8(6)10/h4-11,23H,3,12-13H2,1-2H3;3-5H,2H2,1H3. The highest BCUT2D eigenvalue weighted by atomic mass is 79.9. The molecule has 0 aliphatic carbocycles. The summed E-state index contributed by atoms with van der Waals surface area (Å²) in [5.41, 5.74) is 6.81. The highest BCUT2D eigenvalue weighted by Crippen LogP contribution is 2.19. The van der Waals surface area contributed by atoms with Crippen molar-refractivity contribution in [2.24, 2.45) is 0 Å². The molecule has 0 atom stereocenters. The predicted octanol–water partition coefficient (Wildman–Crippen LogP) is 6.99. The molecule has 0 spiro atoms. The van der Waals surface area contributed by atoms with Crippen molar-refractivity contribution >= 4 is 21.6 Å². The number of hydrogen-bond donors (Lipinski definition) is 1. The van der Waals surface area contributed by atoms with Gasteiger partial charge in [-0.05, 0) is 73.4 Å². The molecule has 0 aliphatic rings. The summed E-state index contributed by atoms with van der Waals surface area (Å²) in [6.07, 6.45) is 2.39. The normalized spacial score (nSPS) is 10.5. The molecule has 182 valence electrons. The molecule has 2 aromatic heterocycles. The Labute approximate surface area is 213 Å². The number of hydrogen-bond acceptors (Lipinski definition) is 3. The van der Waals surface area contributed by atoms with Crippen molar-refractivity contribution in [1.82, 2.24) is 20.1 Å². The van der Waals surface area contributed by atoms with E-state index >= 15 is 0 Å². The molecule has 0 aliphatic heterocycles. The van der Waals surface area contributed by atoms with Gasteiger partial charge in [-0.3, -0.25) is 9.67 Å². The summed E-state index contributed by atoms with van der Waals surface area (Å²) in [5.74, 6) is -0.975. The molecule has 2 heterocycles. The summed E-state index contributed by atoms with van der Waals surface area (Å²) >= 11 is 3.54. The van der Waals surface area contributed by atoms with Crippen LogP contribution in [0.2, 0.25) is 0 Å². The second kappa shape index (κ2) is 12.4. The van der Waals surface area contributed by atoms with Gasteiger partial charge < -0.3 is 5.32 Å². The SMILES string of the molecule is C=C(NCc1ccccn1)c1cc(C)n(Cc2cc(Br)ccc2C)n1.CCc1ccc(F)cc1F. The zero-order chi connectivity index (χ0) is 25.4. The maximum Gasteiger partial charge on any atom is 0.129 e. The van der Waals surface area contributed by atoms with Crippen molar-refractivity contribution in [1.29, 1.82) is 0 Å². The minimum Gasteiger partial charge on any atom is -0.378 e. The van der Waals surface area contributed by atoms with Gasteiger partial charge in [0.25, 0.3) is 0 Å². The number of aromatic nitrogens is 3. The molecule has 7 heteroatoms. The third kappa shape index (κ3) is 7.59. The maximum atomic E-state index is 12.6. The fraction of sp³-hybridized carbons (Fsp3) is 0.214. The average molecular weight is 539 g/mol. The van der Waals surface area contributed by atoms with E-state index in [-0.39, 0.29) is 0 Å². The minimum atomic E-state index is -0.519. The first kappa shape index (κ1) is 26.3. The van der Waals surface area contributed by atoms with E-state index in [2.05, 4.69) is 70.9 Å². The third-order valence-corrected chi connectivity index (χ3v) is 6.02. The van der Waals surface area contributed by atoms with Gasteiger partial charge in [0.1, 0.15) is 17.3 Å². The Bertz CT molecular complexity index is 1290. The Morgan fingerprint density at radius 3 is 2.51 bits per heavy atom. The molecule has 4 aromatic rings. The first-order valence-corrected chi connectivity index (χ1v) is 12.1. The predicted molar refractivity (Wildman–Crippen MR) is 141 cm³/mol. The van der Waals surface area contributed by atoms with E-state index in [0.717, 1.165) is 39.9 Å². The molecular formula is C28H29BrF2N4. The number of nitrogens with one attached hydrogen (secondary N) is 1. The monoisotopic (exact) mass is 538 g/mol. The van der Waals surface area contributed by atoms with Crippen molar-refractivity contribution in [3.63, 3.8) is 0 Å². The van der Waals surface area contributed by atoms with E-state index in [1.165, 1.54) is 23.3 Å². The van der Waals surface area contributed by atoms with Gasteiger partial charge >= 0.3 is 0 Å². The fourth-order valence-electron chi connectivity index (χ4n) is 3.39. The molecular weight excluding hydrogens is 510 g/mol. The lowest BCUT2D eigenvalue weighted by molar-refractivity contribution is 0.573. The molecule has 0 saturated carbocycles. The quantitative estimate of drug-likeness (QED) is 0.275. The van der Waals surface area contributed by atoms with E-state index in [0.29, 0.717) is 18.5 Å². The van der Waals surface area contributed by atoms with Crippen molar-refractivity contribution in [2.45, 2.75) is 40.3 Å². The van der Waals surface area contributed by atoms with Crippen molar-refractivity contribution in [2.75, 3.05) is 0 Å². The van der Waals surface area contributed by atoms with Crippen molar-refractivity contribution < 1.29 is 8.78 Å². The van der Waals surface area contributed by atoms with Gasteiger partial charge in [0, 0.05) is 22.4 Å². The second-order valence-corrected chi connectivity index (χ2v) is 9.06. The zero-order valence-corrected chi connectivity index (χ0v) is 21.7. The summed E-state index contributed by atoms with van der Waals surface area (Å²) in [6.45, 7) is 11.5. The summed E-state index contributed by atoms with van der Waals surface area (Å²) in [6, 6.07) is 17.9. The van der Waals surface area contributed by atoms with Gasteiger partial charge in [-0.1, -0.05) is 47.6 Å². The van der Waals surface area contributed by atoms with Crippen LogP contribution in [0.4, 0.5) is 8.78 Å². The largest absolute Gasteiger partial charge is 0.378 e. The van der Waals surface area contributed by atoms with Gasteiger partial charge in [0.2, 0.25) is 0 Å². The molecule has 0 radical (unpaired) electrons. The lowest BCUT2D eigenvalue weighted by Crippen LogP contribution is -2.13. The minimum absolute atomic E-state index is 0.456. The van der Waals surface area contributed by atoms with Crippen LogP contribution in [0.25, 0.3) is 5.70 Å². The van der Waals surface area contributed by atoms with Gasteiger partial charge in [-0.25, -0.2) is 8.78 Å². The number of benzene rings is 2. The zero-order valence-electron chi connectivity index (χ0n) is 20.2. The second-order valence-electron chi connectivity index (χ2n) is 8.14. The lowest BCUT2D eigenvalue weighted by Gasteiger charge is -2.09. The van der Waals surface area contributed by atoms with Crippen LogP contribution in [-0.2, 0) is 19.5 Å². The van der Waals surface area contributed by atoms with Crippen LogP contribution in [-0.4, -0.2) is 14.8 Å². The summed E-state index contributed by atoms with van der Waals surface area (Å²) < 4.78 is 27.9. The topological polar surface area (TPSA) is 42.7 Å². The lowest BCUT2D eigenvalue weighted by atomic mass is 10.1. The van der Waals surface area contributed by atoms with Gasteiger partial charge in [0.15, 0.2) is 0 Å². The molecule has 0 unspecified atom stereocenters. The number of rotatable bonds is 7. The summed E-state index contributed by atoms with van der Waals surface area (Å²) in [4.78, 5) is 4.31. The fourth-order valence-corrected chi connectivity index (χ4v) is 3.80. The van der Waals surface area contributed by atoms with Crippen LogP contribution in [0.5, 0.6) is 0 Å². The number of nitrogens with zero attached hydrogens (tertiary/aromatic N) is 3. The van der Waals surface area contributed by atoms with Gasteiger partial charge in [-0.15, -0.1) is 0 Å². The molecule has 1 N–H and O–H groups in total. The van der Waals surface area contributed by atoms with Crippen LogP contribution in [0, 0.1) is 25.5 Å². The van der Waals surface area contributed by atoms with E-state index < -0.39 is 11.6 Å². The van der Waals surface area contributed by atoms with Crippen molar-refractivity contribution in [3.05, 3.63) is 123 Å². The number of aryl methyl sites for hydroxylation is 3. The van der Waals surface area contributed by atoms with E-state index in [1.54, 1.807) is 6.20 Å². The molecule has 0 amide bonds. The highest BCUT2D eigenvalue weighted by Gasteiger charge is 2.09. The first-order valence-electron chi connectivity index (χ1n) is 11.3. The molecule has 2 aromatic carbocycles. The highest BCUT2D eigenvalue weighted by molar-refractivity contribution is 9.10. The smallest absolute Gasteiger partial charge is 0.129 e. The van der Waals surface area contributed by atoms with Crippen LogP contribution in [0.15, 0.2) is 77.9 Å². The maximum absolute atomic E-state index is 12.6. The average Bonchev–Trinajstić information content (AvgIpc) is 3.21. The van der Waals surface area contributed by atoms with Crippen LogP contribution >= 0.6 is 15.9 Å². The molecule has 0 fully saturated rings. The van der Waals surface area contributed by atoms with Crippen LogP contribution in [0.1, 0.15) is 40.7 Å². The van der Waals surface area contributed by atoms with E-state index in [4.69, 9.17) is 5.10 Å². The van der Waals surface area contributed by atoms with E-state index in [1.807, 2.05) is 29.8 Å². The summed E-state index contributed by atoms with van der Waals surface area (Å²) in [7, 11) is 0. The van der Waals surface area contributed by atoms with Crippen LogP contribution < -0.4 is 5.32 Å². The first-order chi connectivity index (χ1) is 16.8. The Morgan fingerprint density at radius 2 is 1.83 bits per heavy atom. The van der Waals surface area contributed by atoms with Gasteiger partial charge in [-0.2, -0.15) is 5.10 Å². The molecule has 35 heavy (non-hydrogen) atoms. The molecule has 4 nitrogen and oxygen atoms in total. The summed E-state index contributed by atoms with van der Waals surface area (Å²) in [5, 5.41) is 8.01. The third-order valence-electron chi connectivity index (χ3n) is 5.53. The Hall–Kier alpha value is -3.32. The number of halogens is 3. The Morgan fingerprint density at radius 1 is 1.03 bits per heavy atom. The Balaban J connectivity index is 0.000000287. The van der Waals surface area contributed by atoms with E-state index in [9.17, 15) is 8.78 Å². The molecule has 0 bridgehead atoms.